The van der Waals surface area contributed by atoms with Crippen molar-refractivity contribution in [3.8, 4) is 5.75 Å². The van der Waals surface area contributed by atoms with Gasteiger partial charge in [-0.2, -0.15) is 0 Å². The Morgan fingerprint density at radius 2 is 2.12 bits per heavy atom. The Bertz CT molecular complexity index is 376. The van der Waals surface area contributed by atoms with Crippen molar-refractivity contribution in [1.82, 2.24) is 5.32 Å². The number of phenols is 1. The molecule has 0 saturated carbocycles. The molecule has 0 aromatic heterocycles. The second kappa shape index (κ2) is 4.44. The molecule has 0 fully saturated rings. The van der Waals surface area contributed by atoms with Gasteiger partial charge in [-0.15, -0.1) is 0 Å². The zero-order chi connectivity index (χ0) is 11.7. The molecule has 1 aromatic rings. The lowest BCUT2D eigenvalue weighted by molar-refractivity contribution is 0.110. The van der Waals surface area contributed by atoms with Crippen LogP contribution in [-0.2, 0) is 6.42 Å². The molecule has 16 heavy (non-hydrogen) atoms. The number of phenolic OH excluding ortho intramolecular Hbond substituents is 1. The lowest BCUT2D eigenvalue weighted by atomic mass is 9.85. The van der Waals surface area contributed by atoms with E-state index in [0.29, 0.717) is 11.8 Å². The first-order valence-corrected chi connectivity index (χ1v) is 5.84. The minimum Gasteiger partial charge on any atom is -0.508 e. The summed E-state index contributed by atoms with van der Waals surface area (Å²) < 4.78 is 0. The molecular formula is C13H19NO2. The van der Waals surface area contributed by atoms with E-state index in [1.807, 2.05) is 6.07 Å². The van der Waals surface area contributed by atoms with Gasteiger partial charge in [0.15, 0.2) is 0 Å². The van der Waals surface area contributed by atoms with Gasteiger partial charge < -0.3 is 15.5 Å². The van der Waals surface area contributed by atoms with Gasteiger partial charge in [0.1, 0.15) is 5.75 Å². The Morgan fingerprint density at radius 1 is 1.38 bits per heavy atom. The maximum atomic E-state index is 10.2. The van der Waals surface area contributed by atoms with Gasteiger partial charge in [-0.05, 0) is 30.0 Å². The van der Waals surface area contributed by atoms with E-state index in [-0.39, 0.29) is 6.04 Å². The van der Waals surface area contributed by atoms with Crippen LogP contribution in [0.3, 0.4) is 0 Å². The van der Waals surface area contributed by atoms with E-state index in [0.717, 1.165) is 24.0 Å². The number of fused-ring (bicyclic) bond motifs is 1. The monoisotopic (exact) mass is 221 g/mol. The highest BCUT2D eigenvalue weighted by Crippen LogP contribution is 2.34. The third-order valence-corrected chi connectivity index (χ3v) is 3.14. The average Bonchev–Trinajstić information content (AvgIpc) is 2.23. The van der Waals surface area contributed by atoms with Gasteiger partial charge in [0.2, 0.25) is 0 Å². The fourth-order valence-corrected chi connectivity index (χ4v) is 2.42. The van der Waals surface area contributed by atoms with Gasteiger partial charge >= 0.3 is 0 Å². The Kier molecular flexibility index (Phi) is 3.17. The number of aliphatic hydroxyl groups excluding tert-OH is 1. The van der Waals surface area contributed by atoms with E-state index in [1.165, 1.54) is 0 Å². The van der Waals surface area contributed by atoms with Crippen molar-refractivity contribution < 1.29 is 10.2 Å². The van der Waals surface area contributed by atoms with Crippen LogP contribution in [0.1, 0.15) is 37.5 Å². The van der Waals surface area contributed by atoms with Crippen LogP contribution in [0, 0.1) is 0 Å². The van der Waals surface area contributed by atoms with E-state index >= 15 is 0 Å². The van der Waals surface area contributed by atoms with Crippen molar-refractivity contribution in [2.75, 3.05) is 0 Å². The predicted octanol–water partition coefficient (Wildman–Crippen LogP) is 1.74. The molecule has 2 rings (SSSR count). The smallest absolute Gasteiger partial charge is 0.119 e. The summed E-state index contributed by atoms with van der Waals surface area (Å²) >= 11 is 0. The number of aromatic hydroxyl groups is 1. The quantitative estimate of drug-likeness (QED) is 0.713. The van der Waals surface area contributed by atoms with Gasteiger partial charge in [-0.1, -0.05) is 26.0 Å². The van der Waals surface area contributed by atoms with E-state index in [9.17, 15) is 10.2 Å². The average molecular weight is 221 g/mol. The van der Waals surface area contributed by atoms with Gasteiger partial charge in [-0.3, -0.25) is 0 Å². The zero-order valence-electron chi connectivity index (χ0n) is 9.77. The van der Waals surface area contributed by atoms with Crippen molar-refractivity contribution in [3.05, 3.63) is 29.3 Å². The molecule has 0 aliphatic heterocycles. The largest absolute Gasteiger partial charge is 0.508 e. The highest BCUT2D eigenvalue weighted by Gasteiger charge is 2.29. The molecule has 0 unspecified atom stereocenters. The number of rotatable bonds is 2. The highest BCUT2D eigenvalue weighted by molar-refractivity contribution is 5.42. The molecular weight excluding hydrogens is 202 g/mol. The van der Waals surface area contributed by atoms with Crippen molar-refractivity contribution in [2.45, 2.75) is 44.9 Å². The van der Waals surface area contributed by atoms with E-state index in [1.54, 1.807) is 12.1 Å². The summed E-state index contributed by atoms with van der Waals surface area (Å²) in [7, 11) is 0. The van der Waals surface area contributed by atoms with Crippen LogP contribution < -0.4 is 5.32 Å². The third-order valence-electron chi connectivity index (χ3n) is 3.14. The van der Waals surface area contributed by atoms with Crippen LogP contribution in [-0.4, -0.2) is 22.3 Å². The summed E-state index contributed by atoms with van der Waals surface area (Å²) in [4.78, 5) is 0. The molecule has 3 heteroatoms. The molecule has 0 saturated heterocycles. The molecule has 3 N–H and O–H groups in total. The Hall–Kier alpha value is -1.06. The SMILES string of the molecule is CC(C)N[C@@H]1CCc2c(O)cccc2[C@H]1O. The number of hydrogen-bond donors (Lipinski definition) is 3. The van der Waals surface area contributed by atoms with Crippen LogP contribution >= 0.6 is 0 Å². The van der Waals surface area contributed by atoms with Gasteiger partial charge in [0, 0.05) is 12.1 Å². The second-order valence-corrected chi connectivity index (χ2v) is 4.76. The van der Waals surface area contributed by atoms with Crippen LogP contribution in [0.5, 0.6) is 5.75 Å². The summed E-state index contributed by atoms with van der Waals surface area (Å²) in [6.07, 6.45) is 1.17. The van der Waals surface area contributed by atoms with E-state index in [4.69, 9.17) is 0 Å². The Labute approximate surface area is 96.1 Å². The van der Waals surface area contributed by atoms with Crippen molar-refractivity contribution in [3.63, 3.8) is 0 Å². The van der Waals surface area contributed by atoms with Gasteiger partial charge in [0.05, 0.1) is 6.10 Å². The zero-order valence-corrected chi connectivity index (χ0v) is 9.77. The number of benzene rings is 1. The van der Waals surface area contributed by atoms with Crippen molar-refractivity contribution in [1.29, 1.82) is 0 Å². The van der Waals surface area contributed by atoms with Crippen LogP contribution in [0.15, 0.2) is 18.2 Å². The first-order valence-electron chi connectivity index (χ1n) is 5.84. The normalized spacial score (nSPS) is 24.5. The van der Waals surface area contributed by atoms with E-state index in [2.05, 4.69) is 19.2 Å². The van der Waals surface area contributed by atoms with Crippen LogP contribution in [0.4, 0.5) is 0 Å². The number of hydrogen-bond acceptors (Lipinski definition) is 3. The molecule has 88 valence electrons. The maximum Gasteiger partial charge on any atom is 0.119 e. The maximum absolute atomic E-state index is 10.2. The number of nitrogens with one attached hydrogen (secondary N) is 1. The lowest BCUT2D eigenvalue weighted by Gasteiger charge is -2.32. The topological polar surface area (TPSA) is 52.5 Å². The minimum absolute atomic E-state index is 0.0919. The summed E-state index contributed by atoms with van der Waals surface area (Å²) in [5, 5.41) is 23.3. The Balaban J connectivity index is 2.25. The molecule has 2 atom stereocenters. The summed E-state index contributed by atoms with van der Waals surface area (Å²) in [5.41, 5.74) is 1.77. The predicted molar refractivity (Wildman–Crippen MR) is 63.4 cm³/mol. The molecule has 1 aromatic carbocycles. The summed E-state index contributed by atoms with van der Waals surface area (Å²) in [6.45, 7) is 4.15. The third kappa shape index (κ3) is 2.06. The molecule has 1 aliphatic carbocycles. The molecule has 0 heterocycles. The lowest BCUT2D eigenvalue weighted by Crippen LogP contribution is -2.41. The molecule has 3 nitrogen and oxygen atoms in total. The highest BCUT2D eigenvalue weighted by atomic mass is 16.3. The van der Waals surface area contributed by atoms with Gasteiger partial charge in [-0.25, -0.2) is 0 Å². The molecule has 0 radical (unpaired) electrons. The minimum atomic E-state index is -0.516. The van der Waals surface area contributed by atoms with Crippen molar-refractivity contribution >= 4 is 0 Å². The standard InChI is InChI=1S/C13H19NO2/c1-8(2)14-11-7-6-9-10(13(11)16)4-3-5-12(9)15/h3-5,8,11,13-16H,6-7H2,1-2H3/t11-,13-/m1/s1. The van der Waals surface area contributed by atoms with Gasteiger partial charge in [0.25, 0.3) is 0 Å². The summed E-state index contributed by atoms with van der Waals surface area (Å²) in [6, 6.07) is 5.82. The second-order valence-electron chi connectivity index (χ2n) is 4.76. The van der Waals surface area contributed by atoms with Crippen LogP contribution in [0.2, 0.25) is 0 Å². The van der Waals surface area contributed by atoms with E-state index < -0.39 is 6.10 Å². The first kappa shape index (κ1) is 11.4. The van der Waals surface area contributed by atoms with Crippen LogP contribution in [0.25, 0.3) is 0 Å². The fourth-order valence-electron chi connectivity index (χ4n) is 2.42. The number of aliphatic hydroxyl groups is 1. The molecule has 1 aliphatic rings. The fraction of sp³-hybridized carbons (Fsp3) is 0.538. The Morgan fingerprint density at radius 3 is 2.81 bits per heavy atom. The first-order chi connectivity index (χ1) is 7.59. The van der Waals surface area contributed by atoms with Crippen molar-refractivity contribution in [2.24, 2.45) is 0 Å². The summed E-state index contributed by atoms with van der Waals surface area (Å²) in [5.74, 6) is 0.305. The molecule has 0 amide bonds. The molecule has 0 spiro atoms. The molecule has 0 bridgehead atoms.